The summed E-state index contributed by atoms with van der Waals surface area (Å²) in [7, 11) is 0. The Labute approximate surface area is 137 Å². The molecule has 1 aromatic rings. The Bertz CT molecular complexity index is 555. The molecule has 3 heterocycles. The second-order valence-electron chi connectivity index (χ2n) is 6.96. The molecule has 3 N–H and O–H groups in total. The molecule has 1 unspecified atom stereocenters. The van der Waals surface area contributed by atoms with Crippen LogP contribution < -0.4 is 20.7 Å². The van der Waals surface area contributed by atoms with Gasteiger partial charge in [0.1, 0.15) is 11.9 Å². The Morgan fingerprint density at radius 2 is 2.30 bits per heavy atom. The summed E-state index contributed by atoms with van der Waals surface area (Å²) >= 11 is 0. The van der Waals surface area contributed by atoms with Crippen LogP contribution in [0.15, 0.2) is 18.5 Å². The maximum atomic E-state index is 11.6. The van der Waals surface area contributed by atoms with Crippen LogP contribution in [0.1, 0.15) is 38.7 Å². The molecule has 0 aromatic carbocycles. The third-order valence-corrected chi connectivity index (χ3v) is 4.71. The summed E-state index contributed by atoms with van der Waals surface area (Å²) in [5.41, 5.74) is 0.873. The third-order valence-electron chi connectivity index (χ3n) is 4.71. The van der Waals surface area contributed by atoms with Gasteiger partial charge in [-0.25, -0.2) is 0 Å². The zero-order chi connectivity index (χ0) is 16.3. The first kappa shape index (κ1) is 16.2. The van der Waals surface area contributed by atoms with Crippen molar-refractivity contribution in [1.82, 2.24) is 20.9 Å². The van der Waals surface area contributed by atoms with Crippen molar-refractivity contribution in [2.75, 3.05) is 13.1 Å². The molecule has 23 heavy (non-hydrogen) atoms. The molecule has 0 spiro atoms. The first-order valence-electron chi connectivity index (χ1n) is 8.39. The number of carbonyl (C=O) groups excluding carboxylic acids is 1. The van der Waals surface area contributed by atoms with E-state index in [1.807, 2.05) is 6.07 Å². The predicted octanol–water partition coefficient (Wildman–Crippen LogP) is 0.969. The largest absolute Gasteiger partial charge is 0.487 e. The normalized spacial score (nSPS) is 26.8. The van der Waals surface area contributed by atoms with Crippen LogP contribution >= 0.6 is 0 Å². The number of hydrogen-bond acceptors (Lipinski definition) is 5. The van der Waals surface area contributed by atoms with Gasteiger partial charge in [-0.2, -0.15) is 0 Å². The van der Waals surface area contributed by atoms with E-state index in [0.717, 1.165) is 37.2 Å². The molecule has 2 atom stereocenters. The minimum absolute atomic E-state index is 0.134. The monoisotopic (exact) mass is 318 g/mol. The number of amides is 1. The predicted molar refractivity (Wildman–Crippen MR) is 88.2 cm³/mol. The molecule has 2 saturated heterocycles. The van der Waals surface area contributed by atoms with E-state index < -0.39 is 0 Å². The van der Waals surface area contributed by atoms with Crippen LogP contribution in [-0.2, 0) is 11.3 Å². The smallest absolute Gasteiger partial charge is 0.220 e. The molecule has 2 fully saturated rings. The average molecular weight is 318 g/mol. The second-order valence-corrected chi connectivity index (χ2v) is 6.96. The molecule has 0 saturated carbocycles. The number of piperidine rings is 1. The highest BCUT2D eigenvalue weighted by molar-refractivity contribution is 5.77. The van der Waals surface area contributed by atoms with Crippen molar-refractivity contribution >= 4 is 5.91 Å². The molecule has 6 nitrogen and oxygen atoms in total. The molecule has 1 amide bonds. The van der Waals surface area contributed by atoms with Crippen LogP contribution in [0.2, 0.25) is 0 Å². The quantitative estimate of drug-likeness (QED) is 0.754. The Balaban J connectivity index is 1.62. The number of rotatable bonds is 5. The van der Waals surface area contributed by atoms with Crippen molar-refractivity contribution in [1.29, 1.82) is 0 Å². The molecule has 3 rings (SSSR count). The van der Waals surface area contributed by atoms with E-state index in [2.05, 4.69) is 34.8 Å². The number of carbonyl (C=O) groups is 1. The lowest BCUT2D eigenvalue weighted by atomic mass is 9.87. The minimum atomic E-state index is -0.237. The lowest BCUT2D eigenvalue weighted by Gasteiger charge is -2.39. The van der Waals surface area contributed by atoms with Crippen molar-refractivity contribution in [2.45, 2.75) is 57.3 Å². The van der Waals surface area contributed by atoms with Crippen LogP contribution in [0, 0.1) is 0 Å². The van der Waals surface area contributed by atoms with Gasteiger partial charge in [0.25, 0.3) is 0 Å². The van der Waals surface area contributed by atoms with E-state index in [-0.39, 0.29) is 23.6 Å². The van der Waals surface area contributed by atoms with Gasteiger partial charge in [-0.15, -0.1) is 0 Å². The summed E-state index contributed by atoms with van der Waals surface area (Å²) in [6.07, 6.45) is 6.28. The van der Waals surface area contributed by atoms with E-state index in [9.17, 15) is 4.79 Å². The maximum absolute atomic E-state index is 11.6. The Morgan fingerprint density at radius 3 is 3.04 bits per heavy atom. The van der Waals surface area contributed by atoms with Crippen molar-refractivity contribution in [3.05, 3.63) is 24.0 Å². The number of ether oxygens (including phenoxy) is 1. The van der Waals surface area contributed by atoms with Crippen molar-refractivity contribution < 1.29 is 9.53 Å². The fourth-order valence-corrected chi connectivity index (χ4v) is 3.30. The van der Waals surface area contributed by atoms with E-state index >= 15 is 0 Å². The van der Waals surface area contributed by atoms with E-state index in [1.165, 1.54) is 0 Å². The van der Waals surface area contributed by atoms with Gasteiger partial charge < -0.3 is 20.7 Å². The number of nitrogens with one attached hydrogen (secondary N) is 3. The molecule has 0 aliphatic carbocycles. The topological polar surface area (TPSA) is 75.3 Å². The molecule has 0 bridgehead atoms. The maximum Gasteiger partial charge on any atom is 0.220 e. The molecule has 6 heteroatoms. The van der Waals surface area contributed by atoms with E-state index in [4.69, 9.17) is 4.74 Å². The molecule has 0 radical (unpaired) electrons. The van der Waals surface area contributed by atoms with Crippen LogP contribution in [0.25, 0.3) is 0 Å². The summed E-state index contributed by atoms with van der Waals surface area (Å²) in [5, 5.41) is 9.95. The molecule has 126 valence electrons. The first-order chi connectivity index (χ1) is 11.0. The molecular formula is C17H26N4O2. The van der Waals surface area contributed by atoms with Gasteiger partial charge in [-0.3, -0.25) is 9.78 Å². The van der Waals surface area contributed by atoms with E-state index in [1.54, 1.807) is 12.4 Å². The lowest BCUT2D eigenvalue weighted by molar-refractivity contribution is -0.125. The Morgan fingerprint density at radius 1 is 1.43 bits per heavy atom. The van der Waals surface area contributed by atoms with E-state index in [0.29, 0.717) is 13.0 Å². The zero-order valence-electron chi connectivity index (χ0n) is 13.9. The highest BCUT2D eigenvalue weighted by Gasteiger charge is 2.35. The summed E-state index contributed by atoms with van der Waals surface area (Å²) in [6, 6.07) is 2.24. The van der Waals surface area contributed by atoms with Gasteiger partial charge >= 0.3 is 0 Å². The van der Waals surface area contributed by atoms with Crippen LogP contribution in [-0.4, -0.2) is 41.7 Å². The second kappa shape index (κ2) is 6.84. The van der Waals surface area contributed by atoms with Crippen LogP contribution in [0.4, 0.5) is 0 Å². The van der Waals surface area contributed by atoms with Gasteiger partial charge in [0.05, 0.1) is 6.20 Å². The van der Waals surface area contributed by atoms with Gasteiger partial charge in [0.2, 0.25) is 5.91 Å². The number of nitrogens with zero attached hydrogens (tertiary/aromatic N) is 1. The number of aromatic nitrogens is 1. The number of hydrogen-bond donors (Lipinski definition) is 3. The summed E-state index contributed by atoms with van der Waals surface area (Å²) < 4.78 is 6.08. The Kier molecular flexibility index (Phi) is 4.82. The SMILES string of the molecule is CC1(C)NC(=O)CCC1NCc1ccncc1O[C@H]1CCNC1. The lowest BCUT2D eigenvalue weighted by Crippen LogP contribution is -2.60. The van der Waals surface area contributed by atoms with Crippen LogP contribution in [0.5, 0.6) is 5.75 Å². The fourth-order valence-electron chi connectivity index (χ4n) is 3.30. The Hall–Kier alpha value is -1.66. The average Bonchev–Trinajstić information content (AvgIpc) is 3.00. The van der Waals surface area contributed by atoms with Crippen molar-refractivity contribution in [3.63, 3.8) is 0 Å². The summed E-state index contributed by atoms with van der Waals surface area (Å²) in [6.45, 7) is 6.74. The molecule has 2 aliphatic rings. The molecule has 2 aliphatic heterocycles. The number of pyridine rings is 1. The summed E-state index contributed by atoms with van der Waals surface area (Å²) in [4.78, 5) is 15.8. The standard InChI is InChI=1S/C17H26N4O2/c1-17(2)15(3-4-16(22)21-17)20-9-12-5-7-19-11-14(12)23-13-6-8-18-10-13/h5,7,11,13,15,18,20H,3-4,6,8-10H2,1-2H3,(H,21,22)/t13-,15?/m0/s1. The molecule has 1 aromatic heterocycles. The first-order valence-corrected chi connectivity index (χ1v) is 8.39. The van der Waals surface area contributed by atoms with Gasteiger partial charge in [-0.1, -0.05) is 0 Å². The minimum Gasteiger partial charge on any atom is -0.487 e. The van der Waals surface area contributed by atoms with Gasteiger partial charge in [0, 0.05) is 42.9 Å². The van der Waals surface area contributed by atoms with Crippen molar-refractivity contribution in [2.24, 2.45) is 0 Å². The van der Waals surface area contributed by atoms with Crippen molar-refractivity contribution in [3.8, 4) is 5.75 Å². The molecular weight excluding hydrogens is 292 g/mol. The third kappa shape index (κ3) is 4.00. The zero-order valence-corrected chi connectivity index (χ0v) is 13.9. The summed E-state index contributed by atoms with van der Waals surface area (Å²) in [5.74, 6) is 0.987. The highest BCUT2D eigenvalue weighted by atomic mass is 16.5. The highest BCUT2D eigenvalue weighted by Crippen LogP contribution is 2.23. The van der Waals surface area contributed by atoms with Gasteiger partial charge in [-0.05, 0) is 39.3 Å². The fraction of sp³-hybridized carbons (Fsp3) is 0.647. The van der Waals surface area contributed by atoms with Crippen LogP contribution in [0.3, 0.4) is 0 Å². The van der Waals surface area contributed by atoms with Gasteiger partial charge in [0.15, 0.2) is 0 Å².